The maximum atomic E-state index is 11.6. The highest BCUT2D eigenvalue weighted by atomic mass is 16.3. The van der Waals surface area contributed by atoms with Gasteiger partial charge in [0, 0.05) is 5.69 Å². The van der Waals surface area contributed by atoms with E-state index >= 15 is 0 Å². The molecule has 0 atom stereocenters. The van der Waals surface area contributed by atoms with Crippen molar-refractivity contribution in [1.29, 1.82) is 0 Å². The minimum Gasteiger partial charge on any atom is -0.504 e. The molecule has 6 heteroatoms. The smallest absolute Gasteiger partial charge is 0.259 e. The molecule has 0 radical (unpaired) electrons. The molecule has 0 bridgehead atoms. The highest BCUT2D eigenvalue weighted by Gasteiger charge is 2.00. The van der Waals surface area contributed by atoms with Gasteiger partial charge in [-0.25, -0.2) is 5.43 Å². The van der Waals surface area contributed by atoms with Crippen LogP contribution in [0.5, 0.6) is 11.5 Å². The Bertz CT molecular complexity index is 642. The zero-order valence-electron chi connectivity index (χ0n) is 11.2. The zero-order chi connectivity index (χ0) is 15.1. The van der Waals surface area contributed by atoms with Crippen molar-refractivity contribution in [2.24, 2.45) is 5.10 Å². The second-order valence-corrected chi connectivity index (χ2v) is 4.26. The van der Waals surface area contributed by atoms with Crippen molar-refractivity contribution < 1.29 is 15.0 Å². The Morgan fingerprint density at radius 2 is 1.86 bits per heavy atom. The van der Waals surface area contributed by atoms with Gasteiger partial charge in [-0.15, -0.1) is 0 Å². The van der Waals surface area contributed by atoms with Gasteiger partial charge in [-0.05, 0) is 35.9 Å². The SMILES string of the molecule is O=C(CNc1ccccc1)N/N=C\c1ccc(O)c(O)c1. The minimum atomic E-state index is -0.293. The number of hydrogen-bond acceptors (Lipinski definition) is 5. The minimum absolute atomic E-state index is 0.0994. The molecular formula is C15H15N3O3. The number of aromatic hydroxyl groups is 2. The van der Waals surface area contributed by atoms with Crippen molar-refractivity contribution in [3.63, 3.8) is 0 Å². The Morgan fingerprint density at radius 1 is 1.10 bits per heavy atom. The lowest BCUT2D eigenvalue weighted by atomic mass is 10.2. The van der Waals surface area contributed by atoms with Gasteiger partial charge >= 0.3 is 0 Å². The fourth-order valence-corrected chi connectivity index (χ4v) is 1.58. The molecule has 0 fully saturated rings. The Morgan fingerprint density at radius 3 is 2.57 bits per heavy atom. The number of phenols is 2. The summed E-state index contributed by atoms with van der Waals surface area (Å²) in [6.45, 7) is 0.0994. The van der Waals surface area contributed by atoms with Crippen LogP contribution < -0.4 is 10.7 Å². The largest absolute Gasteiger partial charge is 0.504 e. The monoisotopic (exact) mass is 285 g/mol. The van der Waals surface area contributed by atoms with Crippen LogP contribution in [0.15, 0.2) is 53.6 Å². The first kappa shape index (κ1) is 14.4. The van der Waals surface area contributed by atoms with Crippen molar-refractivity contribution in [1.82, 2.24) is 5.43 Å². The number of hydrazone groups is 1. The lowest BCUT2D eigenvalue weighted by Gasteiger charge is -2.04. The second kappa shape index (κ2) is 6.95. The summed E-state index contributed by atoms with van der Waals surface area (Å²) in [6.07, 6.45) is 1.37. The quantitative estimate of drug-likeness (QED) is 0.382. The standard InChI is InChI=1S/C15H15N3O3/c19-13-7-6-11(8-14(13)20)9-17-18-15(21)10-16-12-4-2-1-3-5-12/h1-9,16,19-20H,10H2,(H,18,21)/b17-9-. The van der Waals surface area contributed by atoms with E-state index in [2.05, 4.69) is 15.8 Å². The highest BCUT2D eigenvalue weighted by molar-refractivity contribution is 5.84. The summed E-state index contributed by atoms with van der Waals surface area (Å²) in [5, 5.41) is 25.2. The predicted octanol–water partition coefficient (Wildman–Crippen LogP) is 1.66. The fourth-order valence-electron chi connectivity index (χ4n) is 1.58. The molecule has 2 rings (SSSR count). The van der Waals surface area contributed by atoms with Crippen LogP contribution in [0.25, 0.3) is 0 Å². The van der Waals surface area contributed by atoms with E-state index in [0.717, 1.165) is 5.69 Å². The van der Waals surface area contributed by atoms with Crippen LogP contribution in [-0.2, 0) is 4.79 Å². The molecule has 1 amide bonds. The van der Waals surface area contributed by atoms with E-state index < -0.39 is 0 Å². The molecule has 4 N–H and O–H groups in total. The summed E-state index contributed by atoms with van der Waals surface area (Å²) in [5.41, 5.74) is 3.76. The Kier molecular flexibility index (Phi) is 4.76. The van der Waals surface area contributed by atoms with E-state index in [4.69, 9.17) is 5.11 Å². The van der Waals surface area contributed by atoms with Crippen LogP contribution in [-0.4, -0.2) is 28.9 Å². The molecule has 6 nitrogen and oxygen atoms in total. The third-order valence-corrected chi connectivity index (χ3v) is 2.63. The number of nitrogens with zero attached hydrogens (tertiary/aromatic N) is 1. The predicted molar refractivity (Wildman–Crippen MR) is 80.4 cm³/mol. The summed E-state index contributed by atoms with van der Waals surface area (Å²) in [7, 11) is 0. The highest BCUT2D eigenvalue weighted by Crippen LogP contribution is 2.23. The number of phenolic OH excluding ortho intramolecular Hbond substituents is 2. The van der Waals surface area contributed by atoms with E-state index in [0.29, 0.717) is 5.56 Å². The summed E-state index contributed by atoms with van der Waals surface area (Å²) < 4.78 is 0. The fraction of sp³-hybridized carbons (Fsp3) is 0.0667. The number of hydrogen-bond donors (Lipinski definition) is 4. The molecule has 108 valence electrons. The van der Waals surface area contributed by atoms with Crippen LogP contribution in [0.4, 0.5) is 5.69 Å². The van der Waals surface area contributed by atoms with E-state index in [1.165, 1.54) is 18.3 Å². The number of carbonyl (C=O) groups excluding carboxylic acids is 1. The number of carbonyl (C=O) groups is 1. The molecular weight excluding hydrogens is 270 g/mol. The molecule has 0 heterocycles. The van der Waals surface area contributed by atoms with Gasteiger partial charge in [0.25, 0.3) is 5.91 Å². The van der Waals surface area contributed by atoms with Crippen LogP contribution in [0, 0.1) is 0 Å². The van der Waals surface area contributed by atoms with Crippen molar-refractivity contribution in [2.45, 2.75) is 0 Å². The molecule has 0 unspecified atom stereocenters. The summed E-state index contributed by atoms with van der Waals surface area (Å²) >= 11 is 0. The number of nitrogens with one attached hydrogen (secondary N) is 2. The normalized spacial score (nSPS) is 10.5. The van der Waals surface area contributed by atoms with Gasteiger partial charge in [-0.3, -0.25) is 4.79 Å². The molecule has 0 aliphatic heterocycles. The first-order valence-electron chi connectivity index (χ1n) is 6.28. The molecule has 0 aliphatic carbocycles. The lowest BCUT2D eigenvalue weighted by Crippen LogP contribution is -2.25. The summed E-state index contributed by atoms with van der Waals surface area (Å²) in [4.78, 5) is 11.6. The first-order valence-corrected chi connectivity index (χ1v) is 6.28. The van der Waals surface area contributed by atoms with Gasteiger partial charge in [-0.1, -0.05) is 18.2 Å². The van der Waals surface area contributed by atoms with Crippen LogP contribution >= 0.6 is 0 Å². The Labute approximate surface area is 121 Å². The Hall–Kier alpha value is -3.02. The molecule has 2 aromatic rings. The van der Waals surface area contributed by atoms with Gasteiger partial charge in [-0.2, -0.15) is 5.10 Å². The number of benzene rings is 2. The van der Waals surface area contributed by atoms with Crippen molar-refractivity contribution in [2.75, 3.05) is 11.9 Å². The number of amides is 1. The molecule has 2 aromatic carbocycles. The van der Waals surface area contributed by atoms with Gasteiger partial charge < -0.3 is 15.5 Å². The van der Waals surface area contributed by atoms with E-state index in [-0.39, 0.29) is 24.0 Å². The number of para-hydroxylation sites is 1. The third kappa shape index (κ3) is 4.54. The molecule has 0 spiro atoms. The van der Waals surface area contributed by atoms with Gasteiger partial charge in [0.05, 0.1) is 12.8 Å². The lowest BCUT2D eigenvalue weighted by molar-refractivity contribution is -0.119. The first-order chi connectivity index (χ1) is 10.1. The number of rotatable bonds is 5. The van der Waals surface area contributed by atoms with Gasteiger partial charge in [0.2, 0.25) is 0 Å². The molecule has 0 aromatic heterocycles. The van der Waals surface area contributed by atoms with E-state index in [1.54, 1.807) is 6.07 Å². The molecule has 21 heavy (non-hydrogen) atoms. The average molecular weight is 285 g/mol. The Balaban J connectivity index is 1.80. The molecule has 0 saturated carbocycles. The maximum absolute atomic E-state index is 11.6. The number of anilines is 1. The second-order valence-electron chi connectivity index (χ2n) is 4.26. The topological polar surface area (TPSA) is 94.0 Å². The van der Waals surface area contributed by atoms with Crippen molar-refractivity contribution in [3.05, 3.63) is 54.1 Å². The van der Waals surface area contributed by atoms with Crippen LogP contribution in [0.1, 0.15) is 5.56 Å². The zero-order valence-corrected chi connectivity index (χ0v) is 11.2. The van der Waals surface area contributed by atoms with Crippen LogP contribution in [0.3, 0.4) is 0 Å². The summed E-state index contributed by atoms with van der Waals surface area (Å²) in [5.74, 6) is -0.739. The maximum Gasteiger partial charge on any atom is 0.259 e. The van der Waals surface area contributed by atoms with Crippen LogP contribution in [0.2, 0.25) is 0 Å². The summed E-state index contributed by atoms with van der Waals surface area (Å²) in [6, 6.07) is 13.6. The average Bonchev–Trinajstić information content (AvgIpc) is 2.50. The van der Waals surface area contributed by atoms with E-state index in [1.807, 2.05) is 30.3 Å². The van der Waals surface area contributed by atoms with Crippen molar-refractivity contribution >= 4 is 17.8 Å². The van der Waals surface area contributed by atoms with Gasteiger partial charge in [0.15, 0.2) is 11.5 Å². The third-order valence-electron chi connectivity index (χ3n) is 2.63. The molecule has 0 saturated heterocycles. The van der Waals surface area contributed by atoms with E-state index in [9.17, 15) is 9.90 Å². The molecule has 0 aliphatic rings. The van der Waals surface area contributed by atoms with Gasteiger partial charge in [0.1, 0.15) is 0 Å². The van der Waals surface area contributed by atoms with Crippen molar-refractivity contribution in [3.8, 4) is 11.5 Å².